The maximum absolute atomic E-state index is 8.71. The average Bonchev–Trinajstić information content (AvgIpc) is 2.98. The zero-order chi connectivity index (χ0) is 16.2. The summed E-state index contributed by atoms with van der Waals surface area (Å²) in [5, 5.41) is 11.8. The van der Waals surface area contributed by atoms with Crippen LogP contribution in [0.25, 0.3) is 22.4 Å². The fraction of sp³-hybridized carbons (Fsp3) is 0.0625. The Labute approximate surface area is 146 Å². The molecule has 3 rings (SSSR count). The summed E-state index contributed by atoms with van der Waals surface area (Å²) in [4.78, 5) is 12.3. The Bertz CT molecular complexity index is 926. The van der Waals surface area contributed by atoms with E-state index in [9.17, 15) is 0 Å². The number of halogens is 1. The Morgan fingerprint density at radius 1 is 1.35 bits per heavy atom. The number of rotatable bonds is 2. The third-order valence-electron chi connectivity index (χ3n) is 3.15. The molecule has 0 unspecified atom stereocenters. The van der Waals surface area contributed by atoms with E-state index in [2.05, 4.69) is 36.2 Å². The minimum Gasteiger partial charge on any atom is -0.338 e. The first-order valence-electron chi connectivity index (χ1n) is 6.73. The number of aromatic amines is 1. The molecule has 1 heterocycles. The molecule has 2 N–H and O–H groups in total. The van der Waals surface area contributed by atoms with E-state index in [1.165, 1.54) is 11.8 Å². The SMILES string of the molecule is CSC(=Nc1cccc(-c2nc3ccc(Br)cc3[nH]2)c1)NC#N. The number of nitrogens with one attached hydrogen (secondary N) is 2. The monoisotopic (exact) mass is 385 g/mol. The van der Waals surface area contributed by atoms with Crippen molar-refractivity contribution in [2.45, 2.75) is 0 Å². The van der Waals surface area contributed by atoms with E-state index in [1.807, 2.05) is 54.9 Å². The summed E-state index contributed by atoms with van der Waals surface area (Å²) in [5.74, 6) is 0.786. The summed E-state index contributed by atoms with van der Waals surface area (Å²) in [7, 11) is 0. The largest absolute Gasteiger partial charge is 0.338 e. The molecule has 114 valence electrons. The van der Waals surface area contributed by atoms with Crippen LogP contribution in [-0.4, -0.2) is 21.4 Å². The van der Waals surface area contributed by atoms with Gasteiger partial charge in [0.05, 0.1) is 16.7 Å². The summed E-state index contributed by atoms with van der Waals surface area (Å²) >= 11 is 4.84. The molecule has 0 saturated heterocycles. The van der Waals surface area contributed by atoms with Crippen molar-refractivity contribution in [1.29, 1.82) is 5.26 Å². The number of imidazole rings is 1. The summed E-state index contributed by atoms with van der Waals surface area (Å²) in [6.07, 6.45) is 3.75. The topological polar surface area (TPSA) is 76.9 Å². The van der Waals surface area contributed by atoms with Gasteiger partial charge >= 0.3 is 0 Å². The Hall–Kier alpha value is -2.30. The lowest BCUT2D eigenvalue weighted by molar-refractivity contribution is 1.28. The number of H-pyrrole nitrogens is 1. The molecular weight excluding hydrogens is 374 g/mol. The molecule has 23 heavy (non-hydrogen) atoms. The summed E-state index contributed by atoms with van der Waals surface area (Å²) in [6.45, 7) is 0. The van der Waals surface area contributed by atoms with Crippen LogP contribution in [0, 0.1) is 11.5 Å². The second-order valence-corrected chi connectivity index (χ2v) is 6.37. The van der Waals surface area contributed by atoms with Crippen LogP contribution in [0.2, 0.25) is 0 Å². The molecule has 0 aliphatic heterocycles. The molecule has 3 aromatic rings. The number of thioether (sulfide) groups is 1. The van der Waals surface area contributed by atoms with Crippen LogP contribution in [0.3, 0.4) is 0 Å². The van der Waals surface area contributed by atoms with Crippen LogP contribution >= 0.6 is 27.7 Å². The summed E-state index contributed by atoms with van der Waals surface area (Å²) in [6, 6.07) is 13.6. The molecule has 0 fully saturated rings. The lowest BCUT2D eigenvalue weighted by atomic mass is 10.2. The van der Waals surface area contributed by atoms with Gasteiger partial charge in [0.1, 0.15) is 5.82 Å². The van der Waals surface area contributed by atoms with Crippen LogP contribution < -0.4 is 5.32 Å². The number of amidine groups is 1. The molecular formula is C16H12BrN5S. The second kappa shape index (κ2) is 6.86. The number of hydrogen-bond acceptors (Lipinski definition) is 4. The van der Waals surface area contributed by atoms with Gasteiger partial charge in [-0.2, -0.15) is 5.26 Å². The minimum atomic E-state index is 0.554. The maximum Gasteiger partial charge on any atom is 0.183 e. The normalized spacial score (nSPS) is 11.4. The smallest absolute Gasteiger partial charge is 0.183 e. The minimum absolute atomic E-state index is 0.554. The van der Waals surface area contributed by atoms with Crippen molar-refractivity contribution < 1.29 is 0 Å². The second-order valence-electron chi connectivity index (χ2n) is 4.66. The molecule has 0 aliphatic carbocycles. The number of aromatic nitrogens is 2. The first-order chi connectivity index (χ1) is 11.2. The lowest BCUT2D eigenvalue weighted by Gasteiger charge is -2.01. The average molecular weight is 386 g/mol. The summed E-state index contributed by atoms with van der Waals surface area (Å²) < 4.78 is 1.01. The molecule has 0 amide bonds. The van der Waals surface area contributed by atoms with E-state index in [-0.39, 0.29) is 0 Å². The summed E-state index contributed by atoms with van der Waals surface area (Å²) in [5.41, 5.74) is 3.58. The zero-order valence-electron chi connectivity index (χ0n) is 12.2. The van der Waals surface area contributed by atoms with Crippen LogP contribution in [0.1, 0.15) is 0 Å². The van der Waals surface area contributed by atoms with E-state index in [1.54, 1.807) is 0 Å². The van der Waals surface area contributed by atoms with E-state index in [0.717, 1.165) is 32.6 Å². The predicted octanol–water partition coefficient (Wildman–Crippen LogP) is 4.41. The van der Waals surface area contributed by atoms with Gasteiger partial charge in [-0.1, -0.05) is 39.8 Å². The first kappa shape index (κ1) is 15.6. The predicted molar refractivity (Wildman–Crippen MR) is 98.6 cm³/mol. The molecule has 0 saturated carbocycles. The molecule has 7 heteroatoms. The molecule has 5 nitrogen and oxygen atoms in total. The van der Waals surface area contributed by atoms with Gasteiger partial charge in [0.25, 0.3) is 0 Å². The highest BCUT2D eigenvalue weighted by atomic mass is 79.9. The number of aliphatic imine (C=N–C) groups is 1. The third kappa shape index (κ3) is 3.55. The quantitative estimate of drug-likeness (QED) is 0.296. The van der Waals surface area contributed by atoms with Gasteiger partial charge in [-0.15, -0.1) is 0 Å². The molecule has 0 radical (unpaired) electrons. The van der Waals surface area contributed by atoms with Gasteiger partial charge in [-0.25, -0.2) is 9.98 Å². The van der Waals surface area contributed by atoms with Crippen LogP contribution in [0.4, 0.5) is 5.69 Å². The first-order valence-corrected chi connectivity index (χ1v) is 8.75. The molecule has 2 aromatic carbocycles. The number of benzene rings is 2. The number of hydrogen-bond donors (Lipinski definition) is 2. The number of fused-ring (bicyclic) bond motifs is 1. The van der Waals surface area contributed by atoms with Crippen molar-refractivity contribution >= 4 is 49.6 Å². The van der Waals surface area contributed by atoms with E-state index >= 15 is 0 Å². The van der Waals surface area contributed by atoms with Gasteiger partial charge in [-0.3, -0.25) is 5.32 Å². The fourth-order valence-electron chi connectivity index (χ4n) is 2.13. The lowest BCUT2D eigenvalue weighted by Crippen LogP contribution is -2.12. The molecule has 1 aromatic heterocycles. The van der Waals surface area contributed by atoms with Crippen molar-refractivity contribution in [3.63, 3.8) is 0 Å². The van der Waals surface area contributed by atoms with Gasteiger partial charge in [0.2, 0.25) is 0 Å². The highest BCUT2D eigenvalue weighted by molar-refractivity contribution is 9.10. The Morgan fingerprint density at radius 2 is 2.22 bits per heavy atom. The highest BCUT2D eigenvalue weighted by Gasteiger charge is 2.06. The molecule has 0 spiro atoms. The Kier molecular flexibility index (Phi) is 4.65. The van der Waals surface area contributed by atoms with E-state index < -0.39 is 0 Å². The van der Waals surface area contributed by atoms with Crippen molar-refractivity contribution in [1.82, 2.24) is 15.3 Å². The van der Waals surface area contributed by atoms with Crippen LogP contribution in [-0.2, 0) is 0 Å². The van der Waals surface area contributed by atoms with Crippen molar-refractivity contribution in [3.05, 3.63) is 46.9 Å². The maximum atomic E-state index is 8.71. The fourth-order valence-corrected chi connectivity index (χ4v) is 2.84. The van der Waals surface area contributed by atoms with Gasteiger partial charge in [0, 0.05) is 10.0 Å². The highest BCUT2D eigenvalue weighted by Crippen LogP contribution is 2.26. The molecule has 0 bridgehead atoms. The Morgan fingerprint density at radius 3 is 3.00 bits per heavy atom. The van der Waals surface area contributed by atoms with Crippen molar-refractivity contribution in [2.75, 3.05) is 6.26 Å². The Balaban J connectivity index is 1.99. The van der Waals surface area contributed by atoms with Gasteiger partial charge in [-0.05, 0) is 36.6 Å². The van der Waals surface area contributed by atoms with Crippen LogP contribution in [0.15, 0.2) is 51.9 Å². The third-order valence-corrected chi connectivity index (χ3v) is 4.22. The zero-order valence-corrected chi connectivity index (χ0v) is 14.6. The van der Waals surface area contributed by atoms with Gasteiger partial charge in [0.15, 0.2) is 11.4 Å². The van der Waals surface area contributed by atoms with Crippen molar-refractivity contribution in [3.8, 4) is 17.6 Å². The standard InChI is InChI=1S/C16H12BrN5S/c1-23-16(19-9-18)20-12-4-2-3-10(7-12)15-21-13-6-5-11(17)8-14(13)22-15/h2-8H,1H3,(H,19,20)(H,21,22). The van der Waals surface area contributed by atoms with E-state index in [4.69, 9.17) is 5.26 Å². The molecule has 0 aliphatic rings. The van der Waals surface area contributed by atoms with Crippen LogP contribution in [0.5, 0.6) is 0 Å². The van der Waals surface area contributed by atoms with Gasteiger partial charge < -0.3 is 4.98 Å². The molecule has 0 atom stereocenters. The van der Waals surface area contributed by atoms with E-state index in [0.29, 0.717) is 5.17 Å². The number of nitriles is 1. The van der Waals surface area contributed by atoms with Crippen molar-refractivity contribution in [2.24, 2.45) is 4.99 Å². The number of nitrogens with zero attached hydrogens (tertiary/aromatic N) is 3.